The summed E-state index contributed by atoms with van der Waals surface area (Å²) < 4.78 is 10.6. The smallest absolute Gasteiger partial charge is 0.221 e. The van der Waals surface area contributed by atoms with E-state index in [0.29, 0.717) is 13.0 Å². The second kappa shape index (κ2) is 9.23. The van der Waals surface area contributed by atoms with Crippen LogP contribution in [0.3, 0.4) is 0 Å². The first-order chi connectivity index (χ1) is 10.1. The molecule has 1 unspecified atom stereocenters. The van der Waals surface area contributed by atoms with Crippen molar-refractivity contribution < 1.29 is 14.3 Å². The monoisotopic (exact) mass is 294 g/mol. The Hall–Kier alpha value is -1.75. The molecule has 0 saturated heterocycles. The van der Waals surface area contributed by atoms with Crippen molar-refractivity contribution in [2.24, 2.45) is 0 Å². The molecule has 0 aliphatic heterocycles. The fourth-order valence-electron chi connectivity index (χ4n) is 2.04. The third kappa shape index (κ3) is 5.63. The Bertz CT molecular complexity index is 449. The fraction of sp³-hybridized carbons (Fsp3) is 0.562. The summed E-state index contributed by atoms with van der Waals surface area (Å²) in [6.07, 6.45) is 1.43. The standard InChI is InChI=1S/C16H26N2O3/c1-5-9-18-16(19)8-10-17-12(2)14-7-6-13(20-3)11-15(14)21-4/h6-7,11-12,17H,5,8-10H2,1-4H3,(H,18,19). The van der Waals surface area contributed by atoms with E-state index < -0.39 is 0 Å². The highest BCUT2D eigenvalue weighted by Crippen LogP contribution is 2.29. The average molecular weight is 294 g/mol. The van der Waals surface area contributed by atoms with E-state index in [9.17, 15) is 4.79 Å². The summed E-state index contributed by atoms with van der Waals surface area (Å²) in [4.78, 5) is 11.5. The molecule has 1 aromatic carbocycles. The molecule has 0 heterocycles. The number of carbonyl (C=O) groups is 1. The van der Waals surface area contributed by atoms with Crippen LogP contribution in [0, 0.1) is 0 Å². The number of benzene rings is 1. The number of ether oxygens (including phenoxy) is 2. The molecule has 0 spiro atoms. The highest BCUT2D eigenvalue weighted by molar-refractivity contribution is 5.76. The highest BCUT2D eigenvalue weighted by Gasteiger charge is 2.12. The van der Waals surface area contributed by atoms with Crippen LogP contribution < -0.4 is 20.1 Å². The number of carbonyl (C=O) groups excluding carboxylic acids is 1. The van der Waals surface area contributed by atoms with E-state index in [2.05, 4.69) is 10.6 Å². The van der Waals surface area contributed by atoms with E-state index in [4.69, 9.17) is 9.47 Å². The van der Waals surface area contributed by atoms with Crippen molar-refractivity contribution in [2.75, 3.05) is 27.3 Å². The van der Waals surface area contributed by atoms with E-state index in [1.54, 1.807) is 14.2 Å². The van der Waals surface area contributed by atoms with Gasteiger partial charge in [0, 0.05) is 37.2 Å². The van der Waals surface area contributed by atoms with E-state index >= 15 is 0 Å². The largest absolute Gasteiger partial charge is 0.497 e. The van der Waals surface area contributed by atoms with Gasteiger partial charge < -0.3 is 20.1 Å². The molecule has 5 nitrogen and oxygen atoms in total. The van der Waals surface area contributed by atoms with Crippen LogP contribution in [0.2, 0.25) is 0 Å². The van der Waals surface area contributed by atoms with Gasteiger partial charge in [-0.2, -0.15) is 0 Å². The first kappa shape index (κ1) is 17.3. The topological polar surface area (TPSA) is 59.6 Å². The van der Waals surface area contributed by atoms with Gasteiger partial charge in [-0.1, -0.05) is 13.0 Å². The molecule has 0 radical (unpaired) electrons. The first-order valence-corrected chi connectivity index (χ1v) is 7.34. The van der Waals surface area contributed by atoms with Crippen molar-refractivity contribution in [3.63, 3.8) is 0 Å². The van der Waals surface area contributed by atoms with Crippen LogP contribution in [0.4, 0.5) is 0 Å². The summed E-state index contributed by atoms with van der Waals surface area (Å²) in [5.41, 5.74) is 1.05. The molecule has 0 aromatic heterocycles. The molecule has 0 aliphatic carbocycles. The second-order valence-electron chi connectivity index (χ2n) is 4.88. The Kier molecular flexibility index (Phi) is 7.61. The van der Waals surface area contributed by atoms with Crippen LogP contribution >= 0.6 is 0 Å². The van der Waals surface area contributed by atoms with E-state index in [-0.39, 0.29) is 11.9 Å². The number of methoxy groups -OCH3 is 2. The van der Waals surface area contributed by atoms with E-state index in [1.807, 2.05) is 32.0 Å². The van der Waals surface area contributed by atoms with Gasteiger partial charge in [-0.3, -0.25) is 4.79 Å². The number of rotatable bonds is 9. The molecule has 1 atom stereocenters. The SMILES string of the molecule is CCCNC(=O)CCNC(C)c1ccc(OC)cc1OC. The first-order valence-electron chi connectivity index (χ1n) is 7.34. The van der Waals surface area contributed by atoms with E-state index in [0.717, 1.165) is 30.0 Å². The molecule has 1 aromatic rings. The molecule has 2 N–H and O–H groups in total. The van der Waals surface area contributed by atoms with Crippen LogP contribution in [-0.4, -0.2) is 33.2 Å². The van der Waals surface area contributed by atoms with Gasteiger partial charge in [-0.05, 0) is 19.4 Å². The summed E-state index contributed by atoms with van der Waals surface area (Å²) in [5.74, 6) is 1.63. The Morgan fingerprint density at radius 2 is 2.00 bits per heavy atom. The summed E-state index contributed by atoms with van der Waals surface area (Å²) in [7, 11) is 3.27. The third-order valence-electron chi connectivity index (χ3n) is 3.28. The van der Waals surface area contributed by atoms with Crippen LogP contribution in [0.15, 0.2) is 18.2 Å². The fourth-order valence-corrected chi connectivity index (χ4v) is 2.04. The maximum atomic E-state index is 11.5. The zero-order chi connectivity index (χ0) is 15.7. The van der Waals surface area contributed by atoms with Gasteiger partial charge in [-0.15, -0.1) is 0 Å². The molecule has 0 bridgehead atoms. The zero-order valence-corrected chi connectivity index (χ0v) is 13.4. The molecular weight excluding hydrogens is 268 g/mol. The quantitative estimate of drug-likeness (QED) is 0.733. The average Bonchev–Trinajstić information content (AvgIpc) is 2.51. The van der Waals surface area contributed by atoms with Crippen LogP contribution in [-0.2, 0) is 4.79 Å². The number of hydrogen-bond acceptors (Lipinski definition) is 4. The molecular formula is C16H26N2O3. The van der Waals surface area contributed by atoms with Gasteiger partial charge in [-0.25, -0.2) is 0 Å². The van der Waals surface area contributed by atoms with Crippen molar-refractivity contribution in [1.82, 2.24) is 10.6 Å². The van der Waals surface area contributed by atoms with Gasteiger partial charge >= 0.3 is 0 Å². The van der Waals surface area contributed by atoms with Gasteiger partial charge in [0.25, 0.3) is 0 Å². The summed E-state index contributed by atoms with van der Waals surface area (Å²) >= 11 is 0. The summed E-state index contributed by atoms with van der Waals surface area (Å²) in [6.45, 7) is 5.46. The normalized spacial score (nSPS) is 11.8. The minimum absolute atomic E-state index is 0.0817. The maximum absolute atomic E-state index is 11.5. The predicted octanol–water partition coefficient (Wildman–Crippen LogP) is 2.27. The molecule has 1 amide bonds. The van der Waals surface area contributed by atoms with Crippen molar-refractivity contribution >= 4 is 5.91 Å². The second-order valence-corrected chi connectivity index (χ2v) is 4.88. The lowest BCUT2D eigenvalue weighted by Crippen LogP contribution is -2.29. The third-order valence-corrected chi connectivity index (χ3v) is 3.28. The Morgan fingerprint density at radius 1 is 1.24 bits per heavy atom. The molecule has 0 aliphatic rings. The lowest BCUT2D eigenvalue weighted by Gasteiger charge is -2.18. The van der Waals surface area contributed by atoms with E-state index in [1.165, 1.54) is 0 Å². The molecule has 0 saturated carbocycles. The van der Waals surface area contributed by atoms with Crippen molar-refractivity contribution in [2.45, 2.75) is 32.7 Å². The van der Waals surface area contributed by atoms with Gasteiger partial charge in [0.2, 0.25) is 5.91 Å². The number of amides is 1. The summed E-state index contributed by atoms with van der Waals surface area (Å²) in [6, 6.07) is 5.85. The molecule has 118 valence electrons. The highest BCUT2D eigenvalue weighted by atomic mass is 16.5. The van der Waals surface area contributed by atoms with Gasteiger partial charge in [0.15, 0.2) is 0 Å². The Balaban J connectivity index is 2.51. The lowest BCUT2D eigenvalue weighted by molar-refractivity contribution is -0.121. The van der Waals surface area contributed by atoms with Crippen molar-refractivity contribution in [1.29, 1.82) is 0 Å². The minimum atomic E-state index is 0.0817. The van der Waals surface area contributed by atoms with Gasteiger partial charge in [0.1, 0.15) is 11.5 Å². The van der Waals surface area contributed by atoms with Crippen LogP contribution in [0.1, 0.15) is 38.3 Å². The van der Waals surface area contributed by atoms with Crippen molar-refractivity contribution in [3.8, 4) is 11.5 Å². The van der Waals surface area contributed by atoms with Crippen LogP contribution in [0.25, 0.3) is 0 Å². The molecule has 0 fully saturated rings. The van der Waals surface area contributed by atoms with Crippen molar-refractivity contribution in [3.05, 3.63) is 23.8 Å². The number of hydrogen-bond donors (Lipinski definition) is 2. The predicted molar refractivity (Wildman–Crippen MR) is 83.9 cm³/mol. The minimum Gasteiger partial charge on any atom is -0.497 e. The van der Waals surface area contributed by atoms with Gasteiger partial charge in [0.05, 0.1) is 14.2 Å². The number of nitrogens with one attached hydrogen (secondary N) is 2. The lowest BCUT2D eigenvalue weighted by atomic mass is 10.1. The zero-order valence-electron chi connectivity index (χ0n) is 13.4. The Morgan fingerprint density at radius 3 is 2.62 bits per heavy atom. The van der Waals surface area contributed by atoms with Crippen LogP contribution in [0.5, 0.6) is 11.5 Å². The molecule has 5 heteroatoms. The maximum Gasteiger partial charge on any atom is 0.221 e. The molecule has 1 rings (SSSR count). The molecule has 21 heavy (non-hydrogen) atoms. The summed E-state index contributed by atoms with van der Waals surface area (Å²) in [5, 5.41) is 6.20. The Labute approximate surface area is 127 Å².